The number of hydrogen-bond donors (Lipinski definition) is 0. The summed E-state index contributed by atoms with van der Waals surface area (Å²) in [6.45, 7) is 4.50. The van der Waals surface area contributed by atoms with Crippen molar-refractivity contribution in [3.63, 3.8) is 0 Å². The standard InChI is InChI=1S/C28H45FO2/c1-3-5-7-22-14-17-25(18-15-22)28(30)31-27-19-16-24(20-26(27)29)13-12-23-10-8-21(6-4-2)9-11-23/h21-27H,3-11,14-20H2,1-2H3. The summed E-state index contributed by atoms with van der Waals surface area (Å²) in [7, 11) is 0. The largest absolute Gasteiger partial charge is 0.459 e. The number of halogens is 1. The van der Waals surface area contributed by atoms with E-state index in [1.165, 1.54) is 57.8 Å². The van der Waals surface area contributed by atoms with Gasteiger partial charge in [-0.05, 0) is 82.5 Å². The van der Waals surface area contributed by atoms with Gasteiger partial charge in [-0.25, -0.2) is 4.39 Å². The van der Waals surface area contributed by atoms with Crippen molar-refractivity contribution in [2.45, 2.75) is 129 Å². The molecule has 3 rings (SSSR count). The smallest absolute Gasteiger partial charge is 0.309 e. The average molecular weight is 433 g/mol. The molecule has 3 aliphatic carbocycles. The summed E-state index contributed by atoms with van der Waals surface area (Å²) < 4.78 is 20.5. The van der Waals surface area contributed by atoms with E-state index in [0.717, 1.165) is 43.9 Å². The lowest BCUT2D eigenvalue weighted by atomic mass is 9.79. The Morgan fingerprint density at radius 1 is 0.806 bits per heavy atom. The highest BCUT2D eigenvalue weighted by Gasteiger charge is 2.35. The molecule has 176 valence electrons. The molecule has 3 atom stereocenters. The van der Waals surface area contributed by atoms with Gasteiger partial charge in [0.1, 0.15) is 12.3 Å². The second-order valence-corrected chi connectivity index (χ2v) is 10.7. The highest BCUT2D eigenvalue weighted by atomic mass is 19.1. The SMILES string of the molecule is CCCCC1CCC(C(=O)OC2CCC(C#CC3CCC(CCC)CC3)CC2F)CC1. The summed E-state index contributed by atoms with van der Waals surface area (Å²) in [5, 5.41) is 0. The van der Waals surface area contributed by atoms with Gasteiger partial charge in [0.25, 0.3) is 0 Å². The molecule has 0 aromatic carbocycles. The molecule has 0 N–H and O–H groups in total. The molecule has 0 heterocycles. The number of hydrogen-bond acceptors (Lipinski definition) is 2. The van der Waals surface area contributed by atoms with Crippen molar-refractivity contribution in [2.24, 2.45) is 29.6 Å². The fourth-order valence-corrected chi connectivity index (χ4v) is 6.02. The molecule has 0 amide bonds. The molecule has 3 heteroatoms. The zero-order valence-corrected chi connectivity index (χ0v) is 20.0. The molecule has 0 radical (unpaired) electrons. The fraction of sp³-hybridized carbons (Fsp3) is 0.893. The first-order valence-corrected chi connectivity index (χ1v) is 13.4. The van der Waals surface area contributed by atoms with Crippen LogP contribution in [0.25, 0.3) is 0 Å². The normalized spacial score (nSPS) is 36.3. The summed E-state index contributed by atoms with van der Waals surface area (Å²) in [6.07, 6.45) is 15.9. The molecule has 0 spiro atoms. The lowest BCUT2D eigenvalue weighted by Gasteiger charge is -2.32. The lowest BCUT2D eigenvalue weighted by molar-refractivity contribution is -0.161. The Bertz CT molecular complexity index is 590. The van der Waals surface area contributed by atoms with Gasteiger partial charge in [-0.2, -0.15) is 0 Å². The maximum Gasteiger partial charge on any atom is 0.309 e. The van der Waals surface area contributed by atoms with Crippen LogP contribution in [0.15, 0.2) is 0 Å². The second kappa shape index (κ2) is 12.9. The average Bonchev–Trinajstić information content (AvgIpc) is 2.79. The topological polar surface area (TPSA) is 26.3 Å². The summed E-state index contributed by atoms with van der Waals surface area (Å²) in [6, 6.07) is 0. The maximum absolute atomic E-state index is 14.8. The van der Waals surface area contributed by atoms with Gasteiger partial charge in [-0.15, -0.1) is 0 Å². The minimum Gasteiger partial charge on any atom is -0.459 e. The van der Waals surface area contributed by atoms with Gasteiger partial charge < -0.3 is 4.74 Å². The van der Waals surface area contributed by atoms with Gasteiger partial charge in [-0.3, -0.25) is 4.79 Å². The summed E-state index contributed by atoms with van der Waals surface area (Å²) in [5.74, 6) is 9.03. The maximum atomic E-state index is 14.8. The van der Waals surface area contributed by atoms with Crippen molar-refractivity contribution in [3.05, 3.63) is 0 Å². The van der Waals surface area contributed by atoms with E-state index in [1.807, 2.05) is 0 Å². The molecule has 3 aliphatic rings. The molecular weight excluding hydrogens is 387 g/mol. The predicted octanol–water partition coefficient (Wildman–Crippen LogP) is 7.64. The van der Waals surface area contributed by atoms with E-state index in [1.54, 1.807) is 0 Å². The van der Waals surface area contributed by atoms with Crippen LogP contribution in [-0.4, -0.2) is 18.2 Å². The third-order valence-electron chi connectivity index (χ3n) is 8.16. The summed E-state index contributed by atoms with van der Waals surface area (Å²) >= 11 is 0. The van der Waals surface area contributed by atoms with Gasteiger partial charge in [0.15, 0.2) is 0 Å². The number of carbonyl (C=O) groups is 1. The van der Waals surface area contributed by atoms with Crippen LogP contribution in [0.4, 0.5) is 4.39 Å². The van der Waals surface area contributed by atoms with Gasteiger partial charge in [0.05, 0.1) is 5.92 Å². The molecule has 0 aromatic heterocycles. The molecular formula is C28H45FO2. The van der Waals surface area contributed by atoms with Crippen molar-refractivity contribution < 1.29 is 13.9 Å². The molecule has 3 unspecified atom stereocenters. The van der Waals surface area contributed by atoms with Gasteiger partial charge >= 0.3 is 5.97 Å². The molecule has 2 nitrogen and oxygen atoms in total. The van der Waals surface area contributed by atoms with Crippen LogP contribution in [-0.2, 0) is 9.53 Å². The van der Waals surface area contributed by atoms with Crippen LogP contribution in [0.3, 0.4) is 0 Å². The first-order chi connectivity index (χ1) is 15.1. The van der Waals surface area contributed by atoms with Crippen molar-refractivity contribution in [2.75, 3.05) is 0 Å². The fourth-order valence-electron chi connectivity index (χ4n) is 6.02. The predicted molar refractivity (Wildman–Crippen MR) is 125 cm³/mol. The zero-order valence-electron chi connectivity index (χ0n) is 20.0. The highest BCUT2D eigenvalue weighted by molar-refractivity contribution is 5.72. The van der Waals surface area contributed by atoms with Crippen LogP contribution in [0.1, 0.15) is 117 Å². The molecule has 0 aliphatic heterocycles. The van der Waals surface area contributed by atoms with E-state index in [4.69, 9.17) is 4.74 Å². The Morgan fingerprint density at radius 2 is 1.42 bits per heavy atom. The third kappa shape index (κ3) is 7.80. The number of alkyl halides is 1. The van der Waals surface area contributed by atoms with E-state index in [0.29, 0.717) is 18.8 Å². The zero-order chi connectivity index (χ0) is 22.1. The number of unbranched alkanes of at least 4 members (excludes halogenated alkanes) is 1. The highest BCUT2D eigenvalue weighted by Crippen LogP contribution is 2.35. The minimum atomic E-state index is -1.06. The Kier molecular flexibility index (Phi) is 10.2. The molecule has 31 heavy (non-hydrogen) atoms. The molecule has 3 saturated carbocycles. The number of rotatable bonds is 7. The first kappa shape index (κ1) is 24.6. The molecule has 3 fully saturated rings. The van der Waals surface area contributed by atoms with E-state index >= 15 is 0 Å². The van der Waals surface area contributed by atoms with E-state index in [-0.39, 0.29) is 17.8 Å². The first-order valence-electron chi connectivity index (χ1n) is 13.4. The van der Waals surface area contributed by atoms with Gasteiger partial charge in [0.2, 0.25) is 0 Å². The number of carbonyl (C=O) groups excluding carboxylic acids is 1. The van der Waals surface area contributed by atoms with Crippen molar-refractivity contribution in [1.82, 2.24) is 0 Å². The number of esters is 1. The number of ether oxygens (including phenoxy) is 1. The van der Waals surface area contributed by atoms with Crippen LogP contribution >= 0.6 is 0 Å². The molecule has 0 aromatic rings. The molecule has 0 bridgehead atoms. The Labute approximate surface area is 190 Å². The summed E-state index contributed by atoms with van der Waals surface area (Å²) in [5.41, 5.74) is 0. The van der Waals surface area contributed by atoms with Crippen LogP contribution in [0.2, 0.25) is 0 Å². The summed E-state index contributed by atoms with van der Waals surface area (Å²) in [4.78, 5) is 12.6. The monoisotopic (exact) mass is 432 g/mol. The van der Waals surface area contributed by atoms with E-state index in [9.17, 15) is 9.18 Å². The minimum absolute atomic E-state index is 0.00886. The van der Waals surface area contributed by atoms with Gasteiger partial charge in [-0.1, -0.05) is 57.8 Å². The van der Waals surface area contributed by atoms with Crippen molar-refractivity contribution in [1.29, 1.82) is 0 Å². The van der Waals surface area contributed by atoms with Crippen LogP contribution in [0.5, 0.6) is 0 Å². The Balaban J connectivity index is 1.36. The van der Waals surface area contributed by atoms with Crippen molar-refractivity contribution in [3.8, 4) is 11.8 Å². The van der Waals surface area contributed by atoms with E-state index in [2.05, 4.69) is 25.7 Å². The van der Waals surface area contributed by atoms with Crippen LogP contribution < -0.4 is 0 Å². The Morgan fingerprint density at radius 3 is 2.06 bits per heavy atom. The lowest BCUT2D eigenvalue weighted by Crippen LogP contribution is -2.37. The second-order valence-electron chi connectivity index (χ2n) is 10.7. The Hall–Kier alpha value is -1.04. The van der Waals surface area contributed by atoms with E-state index < -0.39 is 12.3 Å². The van der Waals surface area contributed by atoms with Gasteiger partial charge in [0, 0.05) is 11.8 Å². The molecule has 0 saturated heterocycles. The van der Waals surface area contributed by atoms with Crippen molar-refractivity contribution >= 4 is 5.97 Å². The van der Waals surface area contributed by atoms with Crippen LogP contribution in [0, 0.1) is 41.4 Å². The quantitative estimate of drug-likeness (QED) is 0.305. The third-order valence-corrected chi connectivity index (χ3v) is 8.16.